The van der Waals surface area contributed by atoms with Gasteiger partial charge in [-0.3, -0.25) is 0 Å². The van der Waals surface area contributed by atoms with Gasteiger partial charge in [-0.15, -0.1) is 0 Å². The highest BCUT2D eigenvalue weighted by Gasteiger charge is 2.50. The fraction of sp³-hybridized carbons (Fsp3) is 0.321. The highest BCUT2D eigenvalue weighted by Crippen LogP contribution is 2.37. The van der Waals surface area contributed by atoms with Crippen molar-refractivity contribution in [3.8, 4) is 0 Å². The van der Waals surface area contributed by atoms with E-state index in [0.29, 0.717) is 5.71 Å². The standard InChI is InChI=1S/C28H34BrNO2SSi/c1-27(2,3)33(31)30-26(22-14-13-15-23(29)20-22)21-32-34(28(4,5)6,24-16-9-7-10-17-24)25-18-11-8-12-19-25/h7-20H,21H2,1-6H3/b30-26-. The fourth-order valence-corrected chi connectivity index (χ4v) is 9.55. The average Bonchev–Trinajstić information content (AvgIpc) is 2.78. The number of hydrogen-bond donors (Lipinski definition) is 0. The molecule has 0 aliphatic rings. The maximum absolute atomic E-state index is 13.1. The Morgan fingerprint density at radius 1 is 0.853 bits per heavy atom. The molecule has 0 bridgehead atoms. The van der Waals surface area contributed by atoms with Gasteiger partial charge < -0.3 is 4.43 Å². The van der Waals surface area contributed by atoms with Crippen LogP contribution < -0.4 is 10.4 Å². The zero-order valence-electron chi connectivity index (χ0n) is 20.8. The van der Waals surface area contributed by atoms with E-state index in [1.807, 2.05) is 57.2 Å². The lowest BCUT2D eigenvalue weighted by atomic mass is 10.1. The molecule has 3 aromatic rings. The van der Waals surface area contributed by atoms with Crippen LogP contribution in [-0.2, 0) is 15.4 Å². The highest BCUT2D eigenvalue weighted by molar-refractivity contribution is 9.10. The summed E-state index contributed by atoms with van der Waals surface area (Å²) in [6.45, 7) is 12.8. The summed E-state index contributed by atoms with van der Waals surface area (Å²) in [6, 6.07) is 29.0. The van der Waals surface area contributed by atoms with Crippen molar-refractivity contribution in [2.45, 2.75) is 51.3 Å². The van der Waals surface area contributed by atoms with Gasteiger partial charge in [-0.1, -0.05) is 109 Å². The molecule has 0 aliphatic carbocycles. The van der Waals surface area contributed by atoms with Crippen LogP contribution >= 0.6 is 15.9 Å². The van der Waals surface area contributed by atoms with Crippen LogP contribution in [0.5, 0.6) is 0 Å². The predicted octanol–water partition coefficient (Wildman–Crippen LogP) is 6.28. The molecule has 0 fully saturated rings. The summed E-state index contributed by atoms with van der Waals surface area (Å²) in [5.74, 6) is 0. The van der Waals surface area contributed by atoms with E-state index in [4.69, 9.17) is 8.82 Å². The summed E-state index contributed by atoms with van der Waals surface area (Å²) in [4.78, 5) is 0. The van der Waals surface area contributed by atoms with Crippen molar-refractivity contribution in [3.05, 3.63) is 95.0 Å². The molecule has 3 nitrogen and oxygen atoms in total. The van der Waals surface area contributed by atoms with Crippen LogP contribution in [0.15, 0.2) is 93.8 Å². The van der Waals surface area contributed by atoms with Crippen molar-refractivity contribution in [1.29, 1.82) is 0 Å². The third kappa shape index (κ3) is 6.03. The van der Waals surface area contributed by atoms with Gasteiger partial charge in [-0.2, -0.15) is 4.40 Å². The summed E-state index contributed by atoms with van der Waals surface area (Å²) < 4.78 is 25.3. The first-order valence-corrected chi connectivity index (χ1v) is 15.3. The molecule has 34 heavy (non-hydrogen) atoms. The first kappa shape index (κ1) is 26.7. The smallest absolute Gasteiger partial charge is 0.261 e. The van der Waals surface area contributed by atoms with Gasteiger partial charge in [0.15, 0.2) is 0 Å². The van der Waals surface area contributed by atoms with E-state index in [1.165, 1.54) is 10.4 Å². The molecule has 0 saturated carbocycles. The molecule has 0 N–H and O–H groups in total. The highest BCUT2D eigenvalue weighted by atomic mass is 79.9. The minimum absolute atomic E-state index is 0.152. The first-order valence-electron chi connectivity index (χ1n) is 11.5. The van der Waals surface area contributed by atoms with Gasteiger partial charge in [0, 0.05) is 10.0 Å². The van der Waals surface area contributed by atoms with Crippen molar-refractivity contribution in [2.24, 2.45) is 4.40 Å². The first-order chi connectivity index (χ1) is 15.9. The Morgan fingerprint density at radius 3 is 1.82 bits per heavy atom. The number of hydrogen-bond acceptors (Lipinski definition) is 2. The summed E-state index contributed by atoms with van der Waals surface area (Å²) in [7, 11) is -4.15. The Hall–Kier alpha value is -1.86. The Kier molecular flexibility index (Phi) is 8.50. The molecule has 0 radical (unpaired) electrons. The Balaban J connectivity index is 2.16. The second-order valence-corrected chi connectivity index (χ2v) is 17.5. The third-order valence-corrected chi connectivity index (χ3v) is 12.6. The molecule has 0 aromatic heterocycles. The molecule has 180 valence electrons. The van der Waals surface area contributed by atoms with Crippen LogP contribution in [-0.4, -0.2) is 29.6 Å². The maximum Gasteiger partial charge on any atom is 0.261 e. The number of nitrogens with zero attached hydrogens (tertiary/aromatic N) is 1. The predicted molar refractivity (Wildman–Crippen MR) is 152 cm³/mol. The monoisotopic (exact) mass is 555 g/mol. The van der Waals surface area contributed by atoms with Gasteiger partial charge in [0.05, 0.1) is 17.1 Å². The summed E-state index contributed by atoms with van der Waals surface area (Å²) in [5, 5.41) is 2.26. The average molecular weight is 557 g/mol. The molecule has 0 heterocycles. The van der Waals surface area contributed by atoms with Crippen LogP contribution in [0.1, 0.15) is 47.1 Å². The third-order valence-electron chi connectivity index (χ3n) is 5.72. The topological polar surface area (TPSA) is 38.7 Å². The number of rotatable bonds is 7. The van der Waals surface area contributed by atoms with Crippen molar-refractivity contribution in [1.82, 2.24) is 0 Å². The second-order valence-electron chi connectivity index (χ2n) is 10.4. The number of benzene rings is 3. The molecule has 3 aromatic carbocycles. The van der Waals surface area contributed by atoms with Crippen LogP contribution in [0.4, 0.5) is 0 Å². The van der Waals surface area contributed by atoms with Gasteiger partial charge in [0.25, 0.3) is 8.32 Å². The van der Waals surface area contributed by atoms with Gasteiger partial charge in [0.1, 0.15) is 11.0 Å². The van der Waals surface area contributed by atoms with E-state index in [0.717, 1.165) is 10.0 Å². The fourth-order valence-electron chi connectivity index (χ4n) is 4.01. The van der Waals surface area contributed by atoms with E-state index >= 15 is 0 Å². The molecule has 0 spiro atoms. The SMILES string of the molecule is CC(C)(C)S(=O)/N=C(/CO[Si](c1ccccc1)(c1ccccc1)C(C)(C)C)c1cccc(Br)c1. The molecular formula is C28H34BrNO2SSi. The minimum atomic E-state index is -2.75. The van der Waals surface area contributed by atoms with Gasteiger partial charge >= 0.3 is 0 Å². The zero-order chi connectivity index (χ0) is 25.0. The Bertz CT molecular complexity index is 1110. The van der Waals surface area contributed by atoms with E-state index in [1.54, 1.807) is 0 Å². The summed E-state index contributed by atoms with van der Waals surface area (Å²) >= 11 is 3.57. The van der Waals surface area contributed by atoms with Crippen molar-refractivity contribution in [3.63, 3.8) is 0 Å². The molecule has 0 saturated heterocycles. The maximum atomic E-state index is 13.1. The molecule has 0 amide bonds. The number of halogens is 1. The van der Waals surface area contributed by atoms with Crippen LogP contribution in [0, 0.1) is 0 Å². The normalized spacial score (nSPS) is 14.1. The lowest BCUT2D eigenvalue weighted by Crippen LogP contribution is -2.67. The van der Waals surface area contributed by atoms with Crippen molar-refractivity contribution < 1.29 is 8.63 Å². The van der Waals surface area contributed by atoms with Crippen molar-refractivity contribution in [2.75, 3.05) is 6.61 Å². The van der Waals surface area contributed by atoms with Crippen LogP contribution in [0.2, 0.25) is 5.04 Å². The Morgan fingerprint density at radius 2 is 1.38 bits per heavy atom. The van der Waals surface area contributed by atoms with E-state index < -0.39 is 24.1 Å². The molecule has 0 aliphatic heterocycles. The second kappa shape index (κ2) is 10.8. The summed E-state index contributed by atoms with van der Waals surface area (Å²) in [6.07, 6.45) is 0. The molecular weight excluding hydrogens is 522 g/mol. The van der Waals surface area contributed by atoms with E-state index in [9.17, 15) is 4.21 Å². The zero-order valence-corrected chi connectivity index (χ0v) is 24.2. The van der Waals surface area contributed by atoms with E-state index in [2.05, 4.69) is 85.2 Å². The van der Waals surface area contributed by atoms with E-state index in [-0.39, 0.29) is 11.6 Å². The lowest BCUT2D eigenvalue weighted by molar-refractivity contribution is 0.352. The van der Waals surface area contributed by atoms with Crippen LogP contribution in [0.25, 0.3) is 0 Å². The lowest BCUT2D eigenvalue weighted by Gasteiger charge is -2.43. The molecule has 3 rings (SSSR count). The largest absolute Gasteiger partial charge is 0.401 e. The molecule has 1 unspecified atom stereocenters. The molecule has 6 heteroatoms. The van der Waals surface area contributed by atoms with Gasteiger partial charge in [-0.25, -0.2) is 4.21 Å². The van der Waals surface area contributed by atoms with Gasteiger partial charge in [-0.05, 0) is 48.3 Å². The van der Waals surface area contributed by atoms with Crippen molar-refractivity contribution >= 4 is 51.3 Å². The quantitative estimate of drug-likeness (QED) is 0.254. The Labute approximate surface area is 216 Å². The molecule has 1 atom stereocenters. The van der Waals surface area contributed by atoms with Crippen LogP contribution in [0.3, 0.4) is 0 Å². The minimum Gasteiger partial charge on any atom is -0.401 e. The summed E-state index contributed by atoms with van der Waals surface area (Å²) in [5.41, 5.74) is 1.60. The van der Waals surface area contributed by atoms with Gasteiger partial charge in [0.2, 0.25) is 0 Å².